The summed E-state index contributed by atoms with van der Waals surface area (Å²) in [7, 11) is 0. The van der Waals surface area contributed by atoms with Crippen molar-refractivity contribution in [2.24, 2.45) is 23.7 Å². The van der Waals surface area contributed by atoms with Crippen LogP contribution in [-0.4, -0.2) is 0 Å². The second-order valence-corrected chi connectivity index (χ2v) is 5.07. The molecule has 3 aliphatic rings. The summed E-state index contributed by atoms with van der Waals surface area (Å²) in [6, 6.07) is 8.79. The van der Waals surface area contributed by atoms with Gasteiger partial charge < -0.3 is 0 Å². The summed E-state index contributed by atoms with van der Waals surface area (Å²) in [6.07, 6.45) is 11.3. The highest BCUT2D eigenvalue weighted by Gasteiger charge is 2.42. The zero-order valence-electron chi connectivity index (χ0n) is 8.64. The molecule has 0 aliphatic heterocycles. The van der Waals surface area contributed by atoms with Gasteiger partial charge in [-0.05, 0) is 40.5 Å². The largest absolute Gasteiger partial charge is 0.0845 e. The maximum Gasteiger partial charge on any atom is -0.00922 e. The highest BCUT2D eigenvalue weighted by molar-refractivity contribution is 5.48. The predicted octanol–water partition coefficient (Wildman–Crippen LogP) is 1.70. The maximum atomic E-state index is 2.51. The highest BCUT2D eigenvalue weighted by Crippen LogP contribution is 2.49. The first kappa shape index (κ1) is 7.92. The summed E-state index contributed by atoms with van der Waals surface area (Å²) in [5.41, 5.74) is 0. The van der Waals surface area contributed by atoms with Gasteiger partial charge in [0.15, 0.2) is 0 Å². The van der Waals surface area contributed by atoms with E-state index in [2.05, 4.69) is 48.6 Å². The van der Waals surface area contributed by atoms with E-state index in [4.69, 9.17) is 0 Å². The fourth-order valence-corrected chi connectivity index (χ4v) is 3.60. The van der Waals surface area contributed by atoms with Gasteiger partial charge in [-0.3, -0.25) is 0 Å². The number of benzene rings is 1. The lowest BCUT2D eigenvalue weighted by Gasteiger charge is -2.25. The second-order valence-electron chi connectivity index (χ2n) is 5.07. The fourth-order valence-electron chi connectivity index (χ4n) is 3.60. The monoisotopic (exact) mass is 194 g/mol. The van der Waals surface area contributed by atoms with Crippen molar-refractivity contribution in [2.75, 3.05) is 0 Å². The lowest BCUT2D eigenvalue weighted by molar-refractivity contribution is 0.488. The molecule has 1 aromatic carbocycles. The van der Waals surface area contributed by atoms with Gasteiger partial charge in [-0.25, -0.2) is 0 Å². The van der Waals surface area contributed by atoms with E-state index in [-0.39, 0.29) is 0 Å². The number of rotatable bonds is 0. The van der Waals surface area contributed by atoms with E-state index < -0.39 is 0 Å². The van der Waals surface area contributed by atoms with E-state index in [9.17, 15) is 0 Å². The molecule has 4 atom stereocenters. The molecule has 0 heteroatoms. The first-order chi connectivity index (χ1) is 7.42. The quantitative estimate of drug-likeness (QED) is 0.551. The Morgan fingerprint density at radius 2 is 1.33 bits per heavy atom. The Hall–Kier alpha value is -1.30. The standard InChI is InChI=1S/C15H14/c1-2-4-11-9-15-13-6-5-12(7-13)14(15)8-10(11)3-1/h1-6,8-9,12-15H,7H2. The Labute approximate surface area is 89.6 Å². The molecule has 0 nitrogen and oxygen atoms in total. The van der Waals surface area contributed by atoms with Gasteiger partial charge in [0.2, 0.25) is 0 Å². The molecule has 2 bridgehead atoms. The third-order valence-corrected chi connectivity index (χ3v) is 4.32. The first-order valence-electron chi connectivity index (χ1n) is 5.89. The molecule has 0 spiro atoms. The van der Waals surface area contributed by atoms with Gasteiger partial charge in [-0.1, -0.05) is 48.6 Å². The predicted molar refractivity (Wildman–Crippen MR) is 62.3 cm³/mol. The lowest BCUT2D eigenvalue weighted by atomic mass is 9.79. The summed E-state index contributed by atoms with van der Waals surface area (Å²) in [4.78, 5) is 0. The van der Waals surface area contributed by atoms with Gasteiger partial charge in [-0.2, -0.15) is 0 Å². The smallest absolute Gasteiger partial charge is 0.00922 e. The van der Waals surface area contributed by atoms with E-state index in [0.717, 1.165) is 23.7 Å². The van der Waals surface area contributed by atoms with Gasteiger partial charge in [0.1, 0.15) is 0 Å². The Bertz CT molecular complexity index is 501. The molecule has 0 heterocycles. The van der Waals surface area contributed by atoms with Crippen molar-refractivity contribution in [2.45, 2.75) is 6.42 Å². The second kappa shape index (κ2) is 2.63. The molecular weight excluding hydrogens is 180 g/mol. The van der Waals surface area contributed by atoms with E-state index in [1.807, 2.05) is 0 Å². The van der Waals surface area contributed by atoms with Crippen LogP contribution in [0.1, 0.15) is 6.42 Å². The third kappa shape index (κ3) is 0.971. The van der Waals surface area contributed by atoms with Gasteiger partial charge in [0.05, 0.1) is 0 Å². The van der Waals surface area contributed by atoms with Crippen molar-refractivity contribution in [1.82, 2.24) is 0 Å². The highest BCUT2D eigenvalue weighted by atomic mass is 14.5. The summed E-state index contributed by atoms with van der Waals surface area (Å²) in [6.45, 7) is 0. The molecule has 0 radical (unpaired) electrons. The minimum absolute atomic E-state index is 0.787. The minimum Gasteiger partial charge on any atom is -0.0845 e. The molecule has 1 aromatic rings. The van der Waals surface area contributed by atoms with Gasteiger partial charge in [-0.15, -0.1) is 0 Å². The molecule has 0 N–H and O–H groups in total. The van der Waals surface area contributed by atoms with E-state index in [0.29, 0.717) is 0 Å². The molecule has 0 aromatic heterocycles. The zero-order valence-corrected chi connectivity index (χ0v) is 8.64. The number of hydrogen-bond donors (Lipinski definition) is 0. The summed E-state index contributed by atoms with van der Waals surface area (Å²) < 4.78 is 0. The van der Waals surface area contributed by atoms with Crippen LogP contribution in [0.2, 0.25) is 0 Å². The van der Waals surface area contributed by atoms with Gasteiger partial charge in [0, 0.05) is 0 Å². The van der Waals surface area contributed by atoms with Gasteiger partial charge in [0.25, 0.3) is 0 Å². The van der Waals surface area contributed by atoms with Crippen molar-refractivity contribution in [1.29, 1.82) is 0 Å². The number of allylic oxidation sites excluding steroid dienone is 2. The molecule has 4 unspecified atom stereocenters. The van der Waals surface area contributed by atoms with Crippen LogP contribution in [0.15, 0.2) is 36.4 Å². The number of hydrogen-bond acceptors (Lipinski definition) is 0. The SMILES string of the molecule is C1=CC2CC1C1C=c3ccccc3=CC21. The van der Waals surface area contributed by atoms with Crippen molar-refractivity contribution in [3.63, 3.8) is 0 Å². The first-order valence-corrected chi connectivity index (χ1v) is 5.89. The van der Waals surface area contributed by atoms with Crippen LogP contribution < -0.4 is 10.4 Å². The topological polar surface area (TPSA) is 0 Å². The molecule has 4 rings (SSSR count). The molecule has 1 saturated carbocycles. The molecule has 0 amide bonds. The Balaban J connectivity index is 1.98. The van der Waals surface area contributed by atoms with Crippen LogP contribution in [0.3, 0.4) is 0 Å². The van der Waals surface area contributed by atoms with Crippen LogP contribution in [-0.2, 0) is 0 Å². The molecule has 1 fully saturated rings. The minimum atomic E-state index is 0.787. The Morgan fingerprint density at radius 1 is 0.800 bits per heavy atom. The van der Waals surface area contributed by atoms with Crippen LogP contribution in [0.4, 0.5) is 0 Å². The van der Waals surface area contributed by atoms with Gasteiger partial charge >= 0.3 is 0 Å². The molecule has 0 saturated heterocycles. The van der Waals surface area contributed by atoms with Crippen molar-refractivity contribution >= 4 is 12.2 Å². The summed E-state index contributed by atoms with van der Waals surface area (Å²) in [5, 5.41) is 2.89. The van der Waals surface area contributed by atoms with E-state index in [1.54, 1.807) is 0 Å². The Morgan fingerprint density at radius 3 is 1.87 bits per heavy atom. The Kier molecular flexibility index (Phi) is 1.39. The van der Waals surface area contributed by atoms with Crippen LogP contribution in [0.5, 0.6) is 0 Å². The van der Waals surface area contributed by atoms with Crippen LogP contribution in [0.25, 0.3) is 12.2 Å². The normalized spacial score (nSPS) is 39.2. The summed E-state index contributed by atoms with van der Waals surface area (Å²) in [5.74, 6) is 3.22. The van der Waals surface area contributed by atoms with Crippen LogP contribution in [0, 0.1) is 23.7 Å². The average Bonchev–Trinajstić information content (AvgIpc) is 2.87. The molecular formula is C15H14. The average molecular weight is 194 g/mol. The van der Waals surface area contributed by atoms with Crippen LogP contribution >= 0.6 is 0 Å². The fraction of sp³-hybridized carbons (Fsp3) is 0.333. The lowest BCUT2D eigenvalue weighted by Crippen LogP contribution is -2.33. The third-order valence-electron chi connectivity index (χ3n) is 4.32. The molecule has 3 aliphatic carbocycles. The van der Waals surface area contributed by atoms with E-state index >= 15 is 0 Å². The van der Waals surface area contributed by atoms with Crippen molar-refractivity contribution < 1.29 is 0 Å². The van der Waals surface area contributed by atoms with Crippen molar-refractivity contribution in [3.8, 4) is 0 Å². The zero-order chi connectivity index (χ0) is 9.83. The molecule has 74 valence electrons. The van der Waals surface area contributed by atoms with E-state index in [1.165, 1.54) is 16.9 Å². The van der Waals surface area contributed by atoms with Crippen molar-refractivity contribution in [3.05, 3.63) is 46.9 Å². The number of fused-ring (bicyclic) bond motifs is 6. The summed E-state index contributed by atoms with van der Waals surface area (Å²) >= 11 is 0. The molecule has 15 heavy (non-hydrogen) atoms. The maximum absolute atomic E-state index is 2.51.